The van der Waals surface area contributed by atoms with Crippen molar-refractivity contribution in [2.75, 3.05) is 5.73 Å². The third-order valence-corrected chi connectivity index (χ3v) is 2.06. The van der Waals surface area contributed by atoms with Gasteiger partial charge in [-0.05, 0) is 25.4 Å². The van der Waals surface area contributed by atoms with Crippen LogP contribution < -0.4 is 5.73 Å². The molecular formula is C5H9ClN2S. The zero-order valence-corrected chi connectivity index (χ0v) is 6.97. The molecule has 1 aromatic heterocycles. The summed E-state index contributed by atoms with van der Waals surface area (Å²) in [4.78, 5) is 0. The maximum atomic E-state index is 5.50. The van der Waals surface area contributed by atoms with E-state index in [1.54, 1.807) is 0 Å². The molecule has 4 heteroatoms. The van der Waals surface area contributed by atoms with Crippen LogP contribution in [0.25, 0.3) is 0 Å². The van der Waals surface area contributed by atoms with Crippen LogP contribution in [0, 0.1) is 13.8 Å². The Kier molecular flexibility index (Phi) is 2.94. The number of nitrogen functional groups attached to an aromatic ring is 1. The first-order valence-corrected chi connectivity index (χ1v) is 3.17. The van der Waals surface area contributed by atoms with E-state index in [1.807, 2.05) is 13.8 Å². The molecule has 1 rings (SSSR count). The SMILES string of the molecule is Cc1nsc(N)c1C.Cl. The van der Waals surface area contributed by atoms with Crippen LogP contribution in [0.15, 0.2) is 0 Å². The van der Waals surface area contributed by atoms with E-state index in [1.165, 1.54) is 11.5 Å². The number of hydrogen-bond acceptors (Lipinski definition) is 3. The molecule has 0 fully saturated rings. The maximum Gasteiger partial charge on any atom is 0.110 e. The minimum absolute atomic E-state index is 0. The molecule has 52 valence electrons. The van der Waals surface area contributed by atoms with Crippen molar-refractivity contribution in [1.29, 1.82) is 0 Å². The van der Waals surface area contributed by atoms with Crippen molar-refractivity contribution < 1.29 is 0 Å². The van der Waals surface area contributed by atoms with Gasteiger partial charge < -0.3 is 5.73 Å². The first kappa shape index (κ1) is 8.72. The van der Waals surface area contributed by atoms with Gasteiger partial charge in [0.1, 0.15) is 5.00 Å². The number of halogens is 1. The predicted octanol–water partition coefficient (Wildman–Crippen LogP) is 1.76. The molecule has 0 saturated carbocycles. The summed E-state index contributed by atoms with van der Waals surface area (Å²) < 4.78 is 4.03. The average molecular weight is 165 g/mol. The van der Waals surface area contributed by atoms with Gasteiger partial charge in [0.2, 0.25) is 0 Å². The summed E-state index contributed by atoms with van der Waals surface area (Å²) >= 11 is 1.36. The highest BCUT2D eigenvalue weighted by Gasteiger charge is 1.98. The maximum absolute atomic E-state index is 5.50. The first-order chi connectivity index (χ1) is 3.72. The Hall–Kier alpha value is -0.280. The topological polar surface area (TPSA) is 38.9 Å². The molecule has 2 nitrogen and oxygen atoms in total. The highest BCUT2D eigenvalue weighted by atomic mass is 35.5. The van der Waals surface area contributed by atoms with Gasteiger partial charge in [-0.25, -0.2) is 0 Å². The lowest BCUT2D eigenvalue weighted by atomic mass is 10.3. The van der Waals surface area contributed by atoms with Crippen molar-refractivity contribution in [3.8, 4) is 0 Å². The molecule has 0 aliphatic carbocycles. The minimum atomic E-state index is 0. The molecule has 0 saturated heterocycles. The lowest BCUT2D eigenvalue weighted by Gasteiger charge is -1.84. The highest BCUT2D eigenvalue weighted by molar-refractivity contribution is 7.10. The molecule has 0 bridgehead atoms. The van der Waals surface area contributed by atoms with Gasteiger partial charge in [-0.3, -0.25) is 0 Å². The Morgan fingerprint density at radius 2 is 2.00 bits per heavy atom. The van der Waals surface area contributed by atoms with E-state index in [0.717, 1.165) is 16.3 Å². The molecule has 0 unspecified atom stereocenters. The number of nitrogens with two attached hydrogens (primary N) is 1. The van der Waals surface area contributed by atoms with Gasteiger partial charge in [0.05, 0.1) is 5.69 Å². The lowest BCUT2D eigenvalue weighted by Crippen LogP contribution is -1.81. The summed E-state index contributed by atoms with van der Waals surface area (Å²) in [5.41, 5.74) is 7.67. The molecule has 0 spiro atoms. The minimum Gasteiger partial charge on any atom is -0.389 e. The summed E-state index contributed by atoms with van der Waals surface area (Å²) in [6, 6.07) is 0. The van der Waals surface area contributed by atoms with Gasteiger partial charge in [0, 0.05) is 5.56 Å². The van der Waals surface area contributed by atoms with E-state index in [-0.39, 0.29) is 12.4 Å². The first-order valence-electron chi connectivity index (χ1n) is 2.40. The Labute approximate surface area is 64.7 Å². The zero-order valence-electron chi connectivity index (χ0n) is 5.34. The van der Waals surface area contributed by atoms with Crippen molar-refractivity contribution in [3.05, 3.63) is 11.3 Å². The number of rotatable bonds is 0. The van der Waals surface area contributed by atoms with Gasteiger partial charge in [-0.1, -0.05) is 0 Å². The quantitative estimate of drug-likeness (QED) is 0.635. The number of anilines is 1. The normalized spacial score (nSPS) is 8.67. The Morgan fingerprint density at radius 3 is 2.11 bits per heavy atom. The smallest absolute Gasteiger partial charge is 0.110 e. The summed E-state index contributed by atoms with van der Waals surface area (Å²) in [7, 11) is 0. The van der Waals surface area contributed by atoms with E-state index >= 15 is 0 Å². The Morgan fingerprint density at radius 1 is 1.44 bits per heavy atom. The van der Waals surface area contributed by atoms with Crippen molar-refractivity contribution in [1.82, 2.24) is 4.37 Å². The second-order valence-electron chi connectivity index (χ2n) is 1.76. The Bertz CT molecular complexity index is 177. The van der Waals surface area contributed by atoms with Crippen LogP contribution >= 0.6 is 23.9 Å². The van der Waals surface area contributed by atoms with E-state index < -0.39 is 0 Å². The second kappa shape index (κ2) is 3.03. The summed E-state index contributed by atoms with van der Waals surface area (Å²) in [6.07, 6.45) is 0. The van der Waals surface area contributed by atoms with Gasteiger partial charge >= 0.3 is 0 Å². The summed E-state index contributed by atoms with van der Waals surface area (Å²) in [5, 5.41) is 0.836. The molecule has 1 heterocycles. The predicted molar refractivity (Wildman–Crippen MR) is 43.2 cm³/mol. The van der Waals surface area contributed by atoms with Crippen LogP contribution in [0.3, 0.4) is 0 Å². The van der Waals surface area contributed by atoms with E-state index in [0.29, 0.717) is 0 Å². The van der Waals surface area contributed by atoms with Gasteiger partial charge in [-0.2, -0.15) is 4.37 Å². The molecule has 9 heavy (non-hydrogen) atoms. The largest absolute Gasteiger partial charge is 0.389 e. The van der Waals surface area contributed by atoms with Gasteiger partial charge in [0.25, 0.3) is 0 Å². The fourth-order valence-corrected chi connectivity index (χ4v) is 1.09. The molecule has 2 N–H and O–H groups in total. The third-order valence-electron chi connectivity index (χ3n) is 1.19. The number of aryl methyl sites for hydroxylation is 1. The lowest BCUT2D eigenvalue weighted by molar-refractivity contribution is 1.28. The summed E-state index contributed by atoms with van der Waals surface area (Å²) in [5.74, 6) is 0. The van der Waals surface area contributed by atoms with E-state index in [2.05, 4.69) is 4.37 Å². The van der Waals surface area contributed by atoms with Crippen molar-refractivity contribution in [2.24, 2.45) is 0 Å². The molecule has 0 aliphatic rings. The van der Waals surface area contributed by atoms with E-state index in [4.69, 9.17) is 5.73 Å². The third kappa shape index (κ3) is 1.56. The Balaban J connectivity index is 0.000000640. The van der Waals surface area contributed by atoms with Gasteiger partial charge in [-0.15, -0.1) is 12.4 Å². The molecule has 0 radical (unpaired) electrons. The second-order valence-corrected chi connectivity index (χ2v) is 2.56. The van der Waals surface area contributed by atoms with Crippen molar-refractivity contribution in [2.45, 2.75) is 13.8 Å². The van der Waals surface area contributed by atoms with Crippen LogP contribution in [-0.2, 0) is 0 Å². The molecule has 1 aromatic rings. The van der Waals surface area contributed by atoms with E-state index in [9.17, 15) is 0 Å². The fourth-order valence-electron chi connectivity index (χ4n) is 0.433. The van der Waals surface area contributed by atoms with Crippen molar-refractivity contribution in [3.63, 3.8) is 0 Å². The van der Waals surface area contributed by atoms with Crippen LogP contribution in [0.1, 0.15) is 11.3 Å². The molecular weight excluding hydrogens is 156 g/mol. The monoisotopic (exact) mass is 164 g/mol. The zero-order chi connectivity index (χ0) is 6.15. The van der Waals surface area contributed by atoms with Crippen LogP contribution in [0.4, 0.5) is 5.00 Å². The molecule has 0 amide bonds. The van der Waals surface area contributed by atoms with Crippen LogP contribution in [-0.4, -0.2) is 4.37 Å². The fraction of sp³-hybridized carbons (Fsp3) is 0.400. The highest BCUT2D eigenvalue weighted by Crippen LogP contribution is 2.17. The average Bonchev–Trinajstić information content (AvgIpc) is 1.98. The number of aromatic nitrogens is 1. The number of nitrogens with zero attached hydrogens (tertiary/aromatic N) is 1. The van der Waals surface area contributed by atoms with Crippen molar-refractivity contribution >= 4 is 28.9 Å². The van der Waals surface area contributed by atoms with Crippen LogP contribution in [0.5, 0.6) is 0 Å². The van der Waals surface area contributed by atoms with Gasteiger partial charge in [0.15, 0.2) is 0 Å². The molecule has 0 aromatic carbocycles. The van der Waals surface area contributed by atoms with Crippen LogP contribution in [0.2, 0.25) is 0 Å². The number of hydrogen-bond donors (Lipinski definition) is 1. The summed E-state index contributed by atoms with van der Waals surface area (Å²) in [6.45, 7) is 3.94. The molecule has 0 aliphatic heterocycles. The molecule has 0 atom stereocenters. The standard InChI is InChI=1S/C5H8N2S.ClH/c1-3-4(2)7-8-5(3)6;/h6H2,1-2H3;1H.